The zero-order valence-corrected chi connectivity index (χ0v) is 21.8. The fourth-order valence-corrected chi connectivity index (χ4v) is 6.04. The average molecular weight is 543 g/mol. The Hall–Kier alpha value is -2.88. The van der Waals surface area contributed by atoms with Crippen LogP contribution in [-0.4, -0.2) is 43.8 Å². The minimum atomic E-state index is -0.390. The first-order valence-corrected chi connectivity index (χ1v) is 13.7. The van der Waals surface area contributed by atoms with Crippen LogP contribution in [0.15, 0.2) is 52.4 Å². The lowest BCUT2D eigenvalue weighted by Gasteiger charge is -2.30. The fourth-order valence-electron chi connectivity index (χ4n) is 4.49. The predicted octanol–water partition coefficient (Wildman–Crippen LogP) is 4.44. The van der Waals surface area contributed by atoms with Crippen LogP contribution in [0.2, 0.25) is 5.02 Å². The Morgan fingerprint density at radius 2 is 2.05 bits per heavy atom. The minimum Gasteiger partial charge on any atom is -0.506 e. The number of amides is 1. The number of hydrogen-bond acceptors (Lipinski definition) is 6. The van der Waals surface area contributed by atoms with Crippen molar-refractivity contribution in [1.29, 1.82) is 0 Å². The molecule has 1 aliphatic heterocycles. The second-order valence-corrected chi connectivity index (χ2v) is 11.0. The summed E-state index contributed by atoms with van der Waals surface area (Å²) in [5.74, 6) is -0.443. The SMILES string of the molecule is O=C(CCNCc1ccc(F)cc1Cl)N1CCc2nc(SC3CCC3)n(-c3ccccc3O)c(=O)c2C1. The van der Waals surface area contributed by atoms with Gasteiger partial charge >= 0.3 is 0 Å². The molecule has 194 valence electrons. The van der Waals surface area contributed by atoms with Crippen molar-refractivity contribution < 1.29 is 14.3 Å². The third-order valence-corrected chi connectivity index (χ3v) is 8.49. The molecule has 7 nitrogen and oxygen atoms in total. The summed E-state index contributed by atoms with van der Waals surface area (Å²) < 4.78 is 14.7. The van der Waals surface area contributed by atoms with E-state index in [1.165, 1.54) is 23.1 Å². The number of carbonyl (C=O) groups is 1. The lowest BCUT2D eigenvalue weighted by Crippen LogP contribution is -2.42. The molecule has 0 saturated heterocycles. The Morgan fingerprint density at radius 1 is 1.24 bits per heavy atom. The molecular formula is C27H28ClFN4O3S. The molecule has 0 bridgehead atoms. The second-order valence-electron chi connectivity index (χ2n) is 9.35. The fraction of sp³-hybridized carbons (Fsp3) is 0.370. The van der Waals surface area contributed by atoms with E-state index < -0.39 is 0 Å². The molecule has 2 aliphatic rings. The number of aromatic nitrogens is 2. The van der Waals surface area contributed by atoms with Crippen molar-refractivity contribution in [2.75, 3.05) is 13.1 Å². The van der Waals surface area contributed by atoms with Gasteiger partial charge < -0.3 is 15.3 Å². The number of phenolic OH excluding ortho intramolecular Hbond substituents is 1. The number of para-hydroxylation sites is 2. The van der Waals surface area contributed by atoms with E-state index in [1.54, 1.807) is 47.0 Å². The van der Waals surface area contributed by atoms with Gasteiger partial charge in [0, 0.05) is 42.7 Å². The van der Waals surface area contributed by atoms with Gasteiger partial charge in [-0.1, -0.05) is 48.0 Å². The molecular weight excluding hydrogens is 515 g/mol. The zero-order chi connectivity index (χ0) is 25.9. The average Bonchev–Trinajstić information content (AvgIpc) is 2.86. The summed E-state index contributed by atoms with van der Waals surface area (Å²) in [7, 11) is 0. The summed E-state index contributed by atoms with van der Waals surface area (Å²) in [6.07, 6.45) is 4.11. The van der Waals surface area contributed by atoms with Gasteiger partial charge in [0.15, 0.2) is 5.16 Å². The topological polar surface area (TPSA) is 87.5 Å². The molecule has 0 unspecified atom stereocenters. The lowest BCUT2D eigenvalue weighted by atomic mass is 10.0. The van der Waals surface area contributed by atoms with Gasteiger partial charge in [0.2, 0.25) is 5.91 Å². The van der Waals surface area contributed by atoms with Gasteiger partial charge in [0.25, 0.3) is 5.56 Å². The molecule has 37 heavy (non-hydrogen) atoms. The second kappa shape index (κ2) is 11.2. The quantitative estimate of drug-likeness (QED) is 0.323. The summed E-state index contributed by atoms with van der Waals surface area (Å²) in [6, 6.07) is 11.0. The summed E-state index contributed by atoms with van der Waals surface area (Å²) in [5, 5.41) is 15.0. The maximum Gasteiger partial charge on any atom is 0.264 e. The molecule has 0 atom stereocenters. The van der Waals surface area contributed by atoms with Gasteiger partial charge in [-0.2, -0.15) is 0 Å². The molecule has 1 amide bonds. The molecule has 0 radical (unpaired) electrons. The van der Waals surface area contributed by atoms with Crippen LogP contribution in [0.4, 0.5) is 4.39 Å². The van der Waals surface area contributed by atoms with Gasteiger partial charge in [-0.15, -0.1) is 0 Å². The van der Waals surface area contributed by atoms with Crippen LogP contribution in [0.25, 0.3) is 5.69 Å². The third-order valence-electron chi connectivity index (χ3n) is 6.84. The van der Waals surface area contributed by atoms with Crippen LogP contribution in [0.3, 0.4) is 0 Å². The van der Waals surface area contributed by atoms with Crippen molar-refractivity contribution in [1.82, 2.24) is 19.8 Å². The molecule has 2 N–H and O–H groups in total. The highest BCUT2D eigenvalue weighted by Gasteiger charge is 2.29. The molecule has 2 aromatic carbocycles. The molecule has 3 aromatic rings. The standard InChI is InChI=1S/C27H28ClFN4O3S/c28-21-14-18(29)9-8-17(21)15-30-12-10-25(35)32-13-11-22-20(16-32)26(36)33(23-6-1-2-7-24(23)34)27(31-22)37-19-4-3-5-19/h1-2,6-9,14,19,30,34H,3-5,10-13,15-16H2. The monoisotopic (exact) mass is 542 g/mol. The van der Waals surface area contributed by atoms with Gasteiger partial charge in [-0.05, 0) is 42.7 Å². The molecule has 5 rings (SSSR count). The first-order chi connectivity index (χ1) is 17.9. The Balaban J connectivity index is 1.30. The van der Waals surface area contributed by atoms with Crippen molar-refractivity contribution in [3.8, 4) is 11.4 Å². The van der Waals surface area contributed by atoms with Gasteiger partial charge in [-0.25, -0.2) is 9.37 Å². The number of halogens is 2. The zero-order valence-electron chi connectivity index (χ0n) is 20.3. The van der Waals surface area contributed by atoms with E-state index in [9.17, 15) is 19.1 Å². The van der Waals surface area contributed by atoms with Crippen molar-refractivity contribution in [2.45, 2.75) is 55.6 Å². The highest BCUT2D eigenvalue weighted by molar-refractivity contribution is 7.99. The highest BCUT2D eigenvalue weighted by atomic mass is 35.5. The van der Waals surface area contributed by atoms with E-state index >= 15 is 0 Å². The molecule has 1 aromatic heterocycles. The molecule has 1 aliphatic carbocycles. The minimum absolute atomic E-state index is 0.0119. The van der Waals surface area contributed by atoms with E-state index in [2.05, 4.69) is 5.32 Å². The van der Waals surface area contributed by atoms with Gasteiger partial charge in [0.05, 0.1) is 23.5 Å². The largest absolute Gasteiger partial charge is 0.506 e. The van der Waals surface area contributed by atoms with Crippen LogP contribution in [0.5, 0.6) is 5.75 Å². The van der Waals surface area contributed by atoms with E-state index in [0.717, 1.165) is 24.1 Å². The number of benzene rings is 2. The van der Waals surface area contributed by atoms with Crippen LogP contribution >= 0.6 is 23.4 Å². The van der Waals surface area contributed by atoms with Gasteiger partial charge in [-0.3, -0.25) is 14.2 Å². The normalized spacial score (nSPS) is 15.4. The van der Waals surface area contributed by atoms with Crippen LogP contribution < -0.4 is 10.9 Å². The summed E-state index contributed by atoms with van der Waals surface area (Å²) in [4.78, 5) is 33.2. The molecule has 0 spiro atoms. The summed E-state index contributed by atoms with van der Waals surface area (Å²) in [5.41, 5.74) is 2.14. The number of thioether (sulfide) groups is 1. The maximum absolute atomic E-state index is 13.7. The number of carbonyl (C=O) groups excluding carboxylic acids is 1. The number of nitrogens with one attached hydrogen (secondary N) is 1. The first kappa shape index (κ1) is 25.8. The van der Waals surface area contributed by atoms with Crippen molar-refractivity contribution >= 4 is 29.3 Å². The molecule has 2 heterocycles. The smallest absolute Gasteiger partial charge is 0.264 e. The van der Waals surface area contributed by atoms with Crippen LogP contribution in [-0.2, 0) is 24.3 Å². The van der Waals surface area contributed by atoms with Crippen LogP contribution in [0, 0.1) is 5.82 Å². The molecule has 1 fully saturated rings. The third kappa shape index (κ3) is 5.68. The number of aromatic hydroxyl groups is 1. The van der Waals surface area contributed by atoms with Gasteiger partial charge in [0.1, 0.15) is 11.6 Å². The number of hydrogen-bond donors (Lipinski definition) is 2. The van der Waals surface area contributed by atoms with E-state index in [1.807, 2.05) is 0 Å². The Labute approximate surface area is 223 Å². The highest BCUT2D eigenvalue weighted by Crippen LogP contribution is 2.37. The molecule has 1 saturated carbocycles. The summed E-state index contributed by atoms with van der Waals surface area (Å²) in [6.45, 7) is 1.53. The summed E-state index contributed by atoms with van der Waals surface area (Å²) >= 11 is 7.65. The lowest BCUT2D eigenvalue weighted by molar-refractivity contribution is -0.132. The van der Waals surface area contributed by atoms with E-state index in [-0.39, 0.29) is 36.0 Å². The maximum atomic E-state index is 13.7. The van der Waals surface area contributed by atoms with Crippen molar-refractivity contribution in [2.24, 2.45) is 0 Å². The number of fused-ring (bicyclic) bond motifs is 1. The van der Waals surface area contributed by atoms with Crippen LogP contribution in [0.1, 0.15) is 42.5 Å². The number of rotatable bonds is 8. The predicted molar refractivity (Wildman–Crippen MR) is 142 cm³/mol. The number of phenols is 1. The number of nitrogens with zero attached hydrogens (tertiary/aromatic N) is 3. The Bertz CT molecular complexity index is 1380. The van der Waals surface area contributed by atoms with E-state index in [0.29, 0.717) is 52.7 Å². The Kier molecular flexibility index (Phi) is 7.83. The van der Waals surface area contributed by atoms with Crippen molar-refractivity contribution in [3.05, 3.63) is 80.5 Å². The Morgan fingerprint density at radius 3 is 2.78 bits per heavy atom. The molecule has 10 heteroatoms. The van der Waals surface area contributed by atoms with E-state index in [4.69, 9.17) is 16.6 Å². The first-order valence-electron chi connectivity index (χ1n) is 12.4. The van der Waals surface area contributed by atoms with Crippen molar-refractivity contribution in [3.63, 3.8) is 0 Å².